The third kappa shape index (κ3) is 4.86. The average molecular weight is 341 g/mol. The molecule has 0 saturated heterocycles. The first-order chi connectivity index (χ1) is 12.2. The van der Waals surface area contributed by atoms with E-state index in [9.17, 15) is 9.18 Å². The molecule has 0 atom stereocenters. The number of unbranched alkanes of at least 4 members (excludes halogenated alkanes) is 3. The largest absolute Gasteiger partial charge is 0.352 e. The summed E-state index contributed by atoms with van der Waals surface area (Å²) in [5.41, 5.74) is 2.59. The minimum Gasteiger partial charge on any atom is -0.352 e. The summed E-state index contributed by atoms with van der Waals surface area (Å²) in [6, 6.07) is 8.87. The normalized spacial score (nSPS) is 13.6. The van der Waals surface area contributed by atoms with Crippen LogP contribution < -0.4 is 5.32 Å². The van der Waals surface area contributed by atoms with Gasteiger partial charge in [-0.2, -0.15) is 0 Å². The summed E-state index contributed by atoms with van der Waals surface area (Å²) < 4.78 is 13.7. The first-order valence-electron chi connectivity index (χ1n) is 8.91. The summed E-state index contributed by atoms with van der Waals surface area (Å²) in [6.07, 6.45) is 7.52. The van der Waals surface area contributed by atoms with Crippen LogP contribution >= 0.6 is 0 Å². The van der Waals surface area contributed by atoms with Gasteiger partial charge in [0.25, 0.3) is 5.91 Å². The Balaban J connectivity index is 1.26. The number of amides is 1. The molecule has 0 radical (unpaired) electrons. The van der Waals surface area contributed by atoms with E-state index in [2.05, 4.69) is 15.2 Å². The number of hydrogen-bond donors (Lipinski definition) is 1. The highest BCUT2D eigenvalue weighted by Gasteiger charge is 2.20. The van der Waals surface area contributed by atoms with E-state index in [0.717, 1.165) is 56.4 Å². The lowest BCUT2D eigenvalue weighted by atomic mass is 10.1. The van der Waals surface area contributed by atoms with E-state index in [4.69, 9.17) is 0 Å². The Bertz CT molecular complexity index is 705. The predicted molar refractivity (Wildman–Crippen MR) is 95.6 cm³/mol. The Morgan fingerprint density at radius 3 is 2.80 bits per heavy atom. The standard InChI is InChI=1S/C20H24FN3O/c21-19-9-5-7-17-14-24(15-18(17)19)12-4-2-1-3-11-23-20(25)16-8-6-10-22-13-16/h5-10,13H,1-4,11-12,14-15H2,(H,23,25). The van der Waals surface area contributed by atoms with E-state index in [1.54, 1.807) is 36.7 Å². The number of aromatic nitrogens is 1. The molecule has 1 N–H and O–H groups in total. The van der Waals surface area contributed by atoms with Crippen LogP contribution in [0.4, 0.5) is 4.39 Å². The maximum atomic E-state index is 13.7. The minimum atomic E-state index is -0.0793. The summed E-state index contributed by atoms with van der Waals surface area (Å²) in [7, 11) is 0. The van der Waals surface area contributed by atoms with Crippen LogP contribution in [-0.4, -0.2) is 28.9 Å². The van der Waals surface area contributed by atoms with Crippen LogP contribution in [0.5, 0.6) is 0 Å². The van der Waals surface area contributed by atoms with Crippen LogP contribution in [0.3, 0.4) is 0 Å². The molecule has 1 aliphatic rings. The fourth-order valence-corrected chi connectivity index (χ4v) is 3.22. The molecule has 1 amide bonds. The molecule has 2 aromatic rings. The molecule has 0 unspecified atom stereocenters. The molecule has 0 aliphatic carbocycles. The molecular formula is C20H24FN3O. The summed E-state index contributed by atoms with van der Waals surface area (Å²) in [6.45, 7) is 3.27. The Morgan fingerprint density at radius 2 is 2.00 bits per heavy atom. The van der Waals surface area contributed by atoms with Gasteiger partial charge in [-0.05, 0) is 43.1 Å². The number of rotatable bonds is 8. The van der Waals surface area contributed by atoms with Gasteiger partial charge in [0.2, 0.25) is 0 Å². The zero-order chi connectivity index (χ0) is 17.5. The summed E-state index contributed by atoms with van der Waals surface area (Å²) in [5.74, 6) is -0.144. The molecule has 5 heteroatoms. The third-order valence-electron chi connectivity index (χ3n) is 4.60. The Labute approximate surface area is 148 Å². The van der Waals surface area contributed by atoms with Crippen LogP contribution in [0.1, 0.15) is 47.2 Å². The van der Waals surface area contributed by atoms with Crippen molar-refractivity contribution in [2.24, 2.45) is 0 Å². The van der Waals surface area contributed by atoms with Gasteiger partial charge in [0.1, 0.15) is 5.82 Å². The molecule has 1 aromatic carbocycles. The molecule has 0 bridgehead atoms. The van der Waals surface area contributed by atoms with Gasteiger partial charge in [-0.25, -0.2) is 4.39 Å². The Kier molecular flexibility index (Phi) is 6.12. The topological polar surface area (TPSA) is 45.2 Å². The smallest absolute Gasteiger partial charge is 0.252 e. The second kappa shape index (κ2) is 8.72. The van der Waals surface area contributed by atoms with Gasteiger partial charge >= 0.3 is 0 Å². The highest BCUT2D eigenvalue weighted by atomic mass is 19.1. The third-order valence-corrected chi connectivity index (χ3v) is 4.60. The molecule has 1 aliphatic heterocycles. The highest BCUT2D eigenvalue weighted by molar-refractivity contribution is 5.93. The van der Waals surface area contributed by atoms with Crippen molar-refractivity contribution < 1.29 is 9.18 Å². The van der Waals surface area contributed by atoms with Crippen molar-refractivity contribution in [2.75, 3.05) is 13.1 Å². The summed E-state index contributed by atoms with van der Waals surface area (Å²) >= 11 is 0. The molecule has 3 rings (SSSR count). The highest BCUT2D eigenvalue weighted by Crippen LogP contribution is 2.25. The van der Waals surface area contributed by atoms with Crippen molar-refractivity contribution in [1.29, 1.82) is 0 Å². The number of halogens is 1. The number of carbonyl (C=O) groups is 1. The van der Waals surface area contributed by atoms with Crippen molar-refractivity contribution >= 4 is 5.91 Å². The van der Waals surface area contributed by atoms with E-state index in [1.165, 1.54) is 0 Å². The second-order valence-electron chi connectivity index (χ2n) is 6.50. The summed E-state index contributed by atoms with van der Waals surface area (Å²) in [4.78, 5) is 18.1. The van der Waals surface area contributed by atoms with E-state index < -0.39 is 0 Å². The van der Waals surface area contributed by atoms with Gasteiger partial charge in [-0.15, -0.1) is 0 Å². The molecule has 25 heavy (non-hydrogen) atoms. The van der Waals surface area contributed by atoms with Crippen LogP contribution in [0.2, 0.25) is 0 Å². The molecular weight excluding hydrogens is 317 g/mol. The molecule has 0 saturated carbocycles. The van der Waals surface area contributed by atoms with Crippen molar-refractivity contribution in [1.82, 2.24) is 15.2 Å². The van der Waals surface area contributed by atoms with E-state index in [1.807, 2.05) is 6.07 Å². The number of nitrogens with one attached hydrogen (secondary N) is 1. The predicted octanol–water partition coefficient (Wildman–Crippen LogP) is 3.53. The van der Waals surface area contributed by atoms with Crippen LogP contribution in [0, 0.1) is 5.82 Å². The van der Waals surface area contributed by atoms with Crippen molar-refractivity contribution in [3.8, 4) is 0 Å². The van der Waals surface area contributed by atoms with Crippen LogP contribution in [0.25, 0.3) is 0 Å². The van der Waals surface area contributed by atoms with Crippen LogP contribution in [-0.2, 0) is 13.1 Å². The lowest BCUT2D eigenvalue weighted by Crippen LogP contribution is -2.24. The molecule has 2 heterocycles. The molecule has 0 spiro atoms. The number of hydrogen-bond acceptors (Lipinski definition) is 3. The zero-order valence-electron chi connectivity index (χ0n) is 14.4. The summed E-state index contributed by atoms with van der Waals surface area (Å²) in [5, 5.41) is 2.92. The monoisotopic (exact) mass is 341 g/mol. The van der Waals surface area contributed by atoms with E-state index in [0.29, 0.717) is 12.1 Å². The first-order valence-corrected chi connectivity index (χ1v) is 8.91. The number of fused-ring (bicyclic) bond motifs is 1. The number of nitrogens with zero attached hydrogens (tertiary/aromatic N) is 2. The first kappa shape index (κ1) is 17.5. The van der Waals surface area contributed by atoms with Crippen molar-refractivity contribution in [3.63, 3.8) is 0 Å². The molecule has 0 fully saturated rings. The van der Waals surface area contributed by atoms with Gasteiger partial charge in [0.15, 0.2) is 0 Å². The number of benzene rings is 1. The van der Waals surface area contributed by atoms with Crippen molar-refractivity contribution in [3.05, 3.63) is 65.2 Å². The second-order valence-corrected chi connectivity index (χ2v) is 6.50. The SMILES string of the molecule is O=C(NCCCCCCN1Cc2cccc(F)c2C1)c1cccnc1. The lowest BCUT2D eigenvalue weighted by Gasteiger charge is -2.14. The molecule has 132 valence electrons. The number of pyridine rings is 1. The quantitative estimate of drug-likeness (QED) is 0.747. The van der Waals surface area contributed by atoms with Gasteiger partial charge in [-0.3, -0.25) is 14.7 Å². The molecule has 1 aromatic heterocycles. The molecule has 4 nitrogen and oxygen atoms in total. The van der Waals surface area contributed by atoms with E-state index in [-0.39, 0.29) is 11.7 Å². The minimum absolute atomic E-state index is 0.0649. The van der Waals surface area contributed by atoms with Crippen molar-refractivity contribution in [2.45, 2.75) is 38.8 Å². The van der Waals surface area contributed by atoms with Gasteiger partial charge < -0.3 is 5.32 Å². The number of carbonyl (C=O) groups excluding carboxylic acids is 1. The van der Waals surface area contributed by atoms with Gasteiger partial charge in [0, 0.05) is 37.6 Å². The lowest BCUT2D eigenvalue weighted by molar-refractivity contribution is 0.0952. The van der Waals surface area contributed by atoms with E-state index >= 15 is 0 Å². The Morgan fingerprint density at radius 1 is 1.12 bits per heavy atom. The maximum Gasteiger partial charge on any atom is 0.252 e. The van der Waals surface area contributed by atoms with Crippen LogP contribution in [0.15, 0.2) is 42.7 Å². The zero-order valence-corrected chi connectivity index (χ0v) is 14.4. The maximum absolute atomic E-state index is 13.7. The fourth-order valence-electron chi connectivity index (χ4n) is 3.22. The van der Waals surface area contributed by atoms with Gasteiger partial charge in [0.05, 0.1) is 5.56 Å². The Hall–Kier alpha value is -2.27. The van der Waals surface area contributed by atoms with Gasteiger partial charge in [-0.1, -0.05) is 25.0 Å². The average Bonchev–Trinajstić information content (AvgIpc) is 3.06. The fraction of sp³-hybridized carbons (Fsp3) is 0.400.